The van der Waals surface area contributed by atoms with Gasteiger partial charge in [-0.2, -0.15) is 0 Å². The molecule has 1 aromatic rings. The van der Waals surface area contributed by atoms with Gasteiger partial charge >= 0.3 is 5.97 Å². The fourth-order valence-electron chi connectivity index (χ4n) is 1.11. The van der Waals surface area contributed by atoms with Gasteiger partial charge in [-0.1, -0.05) is 12.1 Å². The molecule has 0 spiro atoms. The molecule has 82 valence electrons. The molecule has 0 aliphatic rings. The number of esters is 1. The van der Waals surface area contributed by atoms with E-state index in [-0.39, 0.29) is 12.6 Å². The maximum absolute atomic E-state index is 11.0. The molecule has 0 saturated carbocycles. The lowest BCUT2D eigenvalue weighted by Crippen LogP contribution is -2.14. The van der Waals surface area contributed by atoms with Crippen molar-refractivity contribution >= 4 is 5.97 Å². The van der Waals surface area contributed by atoms with Crippen molar-refractivity contribution in [3.8, 4) is 5.75 Å². The second-order valence-electron chi connectivity index (χ2n) is 2.95. The maximum Gasteiger partial charge on any atom is 0.344 e. The van der Waals surface area contributed by atoms with Crippen LogP contribution in [0, 0.1) is 0 Å². The van der Waals surface area contributed by atoms with Gasteiger partial charge in [0.2, 0.25) is 0 Å². The normalized spacial score (nSPS) is 9.73. The summed E-state index contributed by atoms with van der Waals surface area (Å²) in [5.74, 6) is 0.265. The van der Waals surface area contributed by atoms with Gasteiger partial charge in [-0.3, -0.25) is 0 Å². The number of ether oxygens (including phenoxy) is 2. The van der Waals surface area contributed by atoms with Crippen LogP contribution in [0.2, 0.25) is 0 Å². The fraction of sp³-hybridized carbons (Fsp3) is 0.364. The first-order chi connectivity index (χ1) is 7.26. The Kier molecular flexibility index (Phi) is 4.63. The summed E-state index contributed by atoms with van der Waals surface area (Å²) in [5.41, 5.74) is 6.44. The molecule has 2 N–H and O–H groups in total. The van der Waals surface area contributed by atoms with Crippen LogP contribution in [-0.2, 0) is 16.1 Å². The summed E-state index contributed by atoms with van der Waals surface area (Å²) >= 11 is 0. The molecule has 0 bridgehead atoms. The van der Waals surface area contributed by atoms with Crippen molar-refractivity contribution in [3.63, 3.8) is 0 Å². The average molecular weight is 209 g/mol. The van der Waals surface area contributed by atoms with E-state index in [0.717, 1.165) is 5.56 Å². The lowest BCUT2D eigenvalue weighted by atomic mass is 10.2. The van der Waals surface area contributed by atoms with Crippen LogP contribution in [0.3, 0.4) is 0 Å². The number of benzene rings is 1. The predicted octanol–water partition coefficient (Wildman–Crippen LogP) is 1.09. The van der Waals surface area contributed by atoms with Crippen LogP contribution in [0.5, 0.6) is 5.75 Å². The van der Waals surface area contributed by atoms with Crippen molar-refractivity contribution in [3.05, 3.63) is 29.8 Å². The van der Waals surface area contributed by atoms with Crippen molar-refractivity contribution < 1.29 is 14.3 Å². The smallest absolute Gasteiger partial charge is 0.344 e. The number of nitrogens with two attached hydrogens (primary N) is 1. The third-order valence-corrected chi connectivity index (χ3v) is 1.80. The van der Waals surface area contributed by atoms with Crippen LogP contribution in [0.4, 0.5) is 0 Å². The summed E-state index contributed by atoms with van der Waals surface area (Å²) in [6, 6.07) is 7.32. The Balaban J connectivity index is 2.46. The minimum Gasteiger partial charge on any atom is -0.482 e. The molecule has 0 saturated heterocycles. The first-order valence-electron chi connectivity index (χ1n) is 4.83. The Bertz CT molecular complexity index is 325. The second kappa shape index (κ2) is 6.03. The van der Waals surface area contributed by atoms with Crippen molar-refractivity contribution in [2.24, 2.45) is 5.73 Å². The molecule has 0 aliphatic heterocycles. The quantitative estimate of drug-likeness (QED) is 0.737. The van der Waals surface area contributed by atoms with E-state index in [1.807, 2.05) is 12.1 Å². The standard InChI is InChI=1S/C11H15NO3/c1-2-14-11(13)8-15-10-5-3-4-9(6-10)7-12/h3-6H,2,7-8,12H2,1H3. The van der Waals surface area contributed by atoms with Crippen molar-refractivity contribution in [1.82, 2.24) is 0 Å². The average Bonchev–Trinajstić information content (AvgIpc) is 2.27. The number of rotatable bonds is 5. The molecule has 0 fully saturated rings. The van der Waals surface area contributed by atoms with Gasteiger partial charge in [0.1, 0.15) is 5.75 Å². The van der Waals surface area contributed by atoms with E-state index in [4.69, 9.17) is 15.2 Å². The molecule has 1 aromatic carbocycles. The van der Waals surface area contributed by atoms with Gasteiger partial charge in [0, 0.05) is 6.54 Å². The Labute approximate surface area is 89.0 Å². The van der Waals surface area contributed by atoms with Gasteiger partial charge in [-0.15, -0.1) is 0 Å². The van der Waals surface area contributed by atoms with Crippen LogP contribution < -0.4 is 10.5 Å². The van der Waals surface area contributed by atoms with E-state index in [0.29, 0.717) is 18.9 Å². The summed E-state index contributed by atoms with van der Waals surface area (Å²) in [6.45, 7) is 2.51. The molecular formula is C11H15NO3. The monoisotopic (exact) mass is 209 g/mol. The first kappa shape index (κ1) is 11.5. The highest BCUT2D eigenvalue weighted by Gasteiger charge is 2.02. The predicted molar refractivity (Wildman–Crippen MR) is 56.5 cm³/mol. The zero-order valence-corrected chi connectivity index (χ0v) is 8.73. The second-order valence-corrected chi connectivity index (χ2v) is 2.95. The summed E-state index contributed by atoms with van der Waals surface area (Å²) in [4.78, 5) is 11.0. The summed E-state index contributed by atoms with van der Waals surface area (Å²) < 4.78 is 9.96. The molecule has 0 aliphatic carbocycles. The van der Waals surface area contributed by atoms with E-state index in [1.54, 1.807) is 19.1 Å². The van der Waals surface area contributed by atoms with Gasteiger partial charge in [0.15, 0.2) is 6.61 Å². The minimum atomic E-state index is -0.365. The van der Waals surface area contributed by atoms with Crippen molar-refractivity contribution in [1.29, 1.82) is 0 Å². The van der Waals surface area contributed by atoms with Gasteiger partial charge in [-0.05, 0) is 24.6 Å². The Morgan fingerprint density at radius 3 is 2.93 bits per heavy atom. The van der Waals surface area contributed by atoms with E-state index in [1.165, 1.54) is 0 Å². The number of carbonyl (C=O) groups excluding carboxylic acids is 1. The van der Waals surface area contributed by atoms with Crippen LogP contribution in [0.25, 0.3) is 0 Å². The number of carbonyl (C=O) groups is 1. The fourth-order valence-corrected chi connectivity index (χ4v) is 1.11. The zero-order chi connectivity index (χ0) is 11.1. The molecular weight excluding hydrogens is 194 g/mol. The van der Waals surface area contributed by atoms with Crippen LogP contribution in [0.15, 0.2) is 24.3 Å². The molecule has 4 heteroatoms. The molecule has 1 rings (SSSR count). The first-order valence-corrected chi connectivity index (χ1v) is 4.83. The highest BCUT2D eigenvalue weighted by atomic mass is 16.6. The molecule has 0 amide bonds. The maximum atomic E-state index is 11.0. The zero-order valence-electron chi connectivity index (χ0n) is 8.73. The Morgan fingerprint density at radius 1 is 1.47 bits per heavy atom. The number of hydrogen-bond donors (Lipinski definition) is 1. The molecule has 0 atom stereocenters. The van der Waals surface area contributed by atoms with E-state index < -0.39 is 0 Å². The van der Waals surface area contributed by atoms with Crippen molar-refractivity contribution in [2.75, 3.05) is 13.2 Å². The molecule has 4 nitrogen and oxygen atoms in total. The summed E-state index contributed by atoms with van der Waals surface area (Å²) in [6.07, 6.45) is 0. The summed E-state index contributed by atoms with van der Waals surface area (Å²) in [7, 11) is 0. The van der Waals surface area contributed by atoms with Gasteiger partial charge in [0.25, 0.3) is 0 Å². The lowest BCUT2D eigenvalue weighted by Gasteiger charge is -2.06. The molecule has 0 aromatic heterocycles. The van der Waals surface area contributed by atoms with E-state index >= 15 is 0 Å². The van der Waals surface area contributed by atoms with Gasteiger partial charge < -0.3 is 15.2 Å². The molecule has 0 radical (unpaired) electrons. The Morgan fingerprint density at radius 2 is 2.27 bits per heavy atom. The van der Waals surface area contributed by atoms with Crippen LogP contribution in [0.1, 0.15) is 12.5 Å². The topological polar surface area (TPSA) is 61.5 Å². The summed E-state index contributed by atoms with van der Waals surface area (Å²) in [5, 5.41) is 0. The molecule has 15 heavy (non-hydrogen) atoms. The minimum absolute atomic E-state index is 0.0676. The highest BCUT2D eigenvalue weighted by Crippen LogP contribution is 2.12. The number of hydrogen-bond acceptors (Lipinski definition) is 4. The third kappa shape index (κ3) is 3.99. The SMILES string of the molecule is CCOC(=O)COc1cccc(CN)c1. The van der Waals surface area contributed by atoms with E-state index in [2.05, 4.69) is 0 Å². The van der Waals surface area contributed by atoms with Gasteiger partial charge in [0.05, 0.1) is 6.61 Å². The molecule has 0 unspecified atom stereocenters. The third-order valence-electron chi connectivity index (χ3n) is 1.80. The largest absolute Gasteiger partial charge is 0.482 e. The van der Waals surface area contributed by atoms with Crippen LogP contribution >= 0.6 is 0 Å². The van der Waals surface area contributed by atoms with Crippen molar-refractivity contribution in [2.45, 2.75) is 13.5 Å². The molecule has 0 heterocycles. The van der Waals surface area contributed by atoms with Gasteiger partial charge in [-0.25, -0.2) is 4.79 Å². The Hall–Kier alpha value is -1.55. The lowest BCUT2D eigenvalue weighted by molar-refractivity contribution is -0.145. The van der Waals surface area contributed by atoms with Crippen LogP contribution in [-0.4, -0.2) is 19.2 Å². The van der Waals surface area contributed by atoms with E-state index in [9.17, 15) is 4.79 Å². The highest BCUT2D eigenvalue weighted by molar-refractivity contribution is 5.71.